The molecule has 0 radical (unpaired) electrons. The van der Waals surface area contributed by atoms with E-state index >= 15 is 0 Å². The van der Waals surface area contributed by atoms with Gasteiger partial charge in [-0.1, -0.05) is 44.0 Å². The summed E-state index contributed by atoms with van der Waals surface area (Å²) < 4.78 is 15.7. The minimum atomic E-state index is -0.941. The maximum atomic E-state index is 11.5. The van der Waals surface area contributed by atoms with E-state index in [1.165, 1.54) is 24.3 Å². The van der Waals surface area contributed by atoms with Crippen molar-refractivity contribution in [2.75, 3.05) is 29.2 Å². The molecule has 2 spiro atoms. The molecule has 2 atom stereocenters. The lowest BCUT2D eigenvalue weighted by Gasteiger charge is -2.46. The molecule has 4 aliphatic rings. The van der Waals surface area contributed by atoms with Gasteiger partial charge in [0.05, 0.1) is 37.4 Å². The Labute approximate surface area is 333 Å². The molecule has 0 aromatic heterocycles. The average Bonchev–Trinajstić information content (AvgIpc) is 3.39. The summed E-state index contributed by atoms with van der Waals surface area (Å²) in [6.45, 7) is 8.62. The van der Waals surface area contributed by atoms with Gasteiger partial charge in [0.1, 0.15) is 11.5 Å². The van der Waals surface area contributed by atoms with Crippen molar-refractivity contribution in [1.29, 1.82) is 0 Å². The summed E-state index contributed by atoms with van der Waals surface area (Å²) in [7, 11) is 4.06. The summed E-state index contributed by atoms with van der Waals surface area (Å²) in [5.41, 5.74) is 4.43. The van der Waals surface area contributed by atoms with Gasteiger partial charge in [0.15, 0.2) is 0 Å². The topological polar surface area (TPSA) is 111 Å². The van der Waals surface area contributed by atoms with Crippen LogP contribution in [-0.4, -0.2) is 40.7 Å². The van der Waals surface area contributed by atoms with Crippen LogP contribution in [0, 0.1) is 20.2 Å². The van der Waals surface area contributed by atoms with Gasteiger partial charge in [-0.15, -0.1) is 23.2 Å². The number of non-ortho nitro benzene ring substituents is 2. The Kier molecular flexibility index (Phi) is 8.96. The molecule has 4 heterocycles. The summed E-state index contributed by atoms with van der Waals surface area (Å²) in [4.78, 5) is 26.5. The van der Waals surface area contributed by atoms with Crippen molar-refractivity contribution in [3.05, 3.63) is 124 Å². The molecule has 0 N–H and O–H groups in total. The van der Waals surface area contributed by atoms with Crippen molar-refractivity contribution in [3.8, 4) is 22.6 Å². The van der Waals surface area contributed by atoms with Gasteiger partial charge in [-0.05, 0) is 76.3 Å². The lowest BCUT2D eigenvalue weighted by atomic mass is 9.75. The Morgan fingerprint density at radius 1 is 0.660 bits per heavy atom. The number of anilines is 2. The number of likely N-dealkylation sites (N-methyl/N-ethyl adjacent to an activating group) is 2. The first-order valence-corrected chi connectivity index (χ1v) is 19.2. The van der Waals surface area contributed by atoms with Crippen LogP contribution in [0.15, 0.2) is 81.8 Å². The number of nitrogens with zero attached hydrogens (tertiary/aromatic N) is 4. The molecule has 0 fully saturated rings. The monoisotopic (exact) mass is 882 g/mol. The van der Waals surface area contributed by atoms with Gasteiger partial charge in [-0.3, -0.25) is 20.2 Å². The predicted molar refractivity (Wildman–Crippen MR) is 218 cm³/mol. The zero-order valence-corrected chi connectivity index (χ0v) is 34.2. The molecule has 0 unspecified atom stereocenters. The predicted octanol–water partition coefficient (Wildman–Crippen LogP) is 11.2. The highest BCUT2D eigenvalue weighted by molar-refractivity contribution is 9.10. The van der Waals surface area contributed by atoms with Crippen LogP contribution in [0.3, 0.4) is 0 Å². The molecule has 0 aliphatic carbocycles. The van der Waals surface area contributed by atoms with Crippen LogP contribution >= 0.6 is 55.1 Å². The maximum Gasteiger partial charge on any atom is 0.270 e. The molecular weight excluding hydrogens is 851 g/mol. The van der Waals surface area contributed by atoms with Crippen molar-refractivity contribution in [2.45, 2.75) is 50.0 Å². The number of nitro benzene ring substituents is 2. The number of nitro groups is 2. The van der Waals surface area contributed by atoms with Gasteiger partial charge in [-0.25, -0.2) is 0 Å². The van der Waals surface area contributed by atoms with Gasteiger partial charge in [0, 0.05) is 80.7 Å². The largest absolute Gasteiger partial charge is 0.463 e. The highest BCUT2D eigenvalue weighted by Crippen LogP contribution is 2.63. The molecule has 4 aromatic carbocycles. The lowest BCUT2D eigenvalue weighted by Crippen LogP contribution is -2.58. The van der Waals surface area contributed by atoms with E-state index < -0.39 is 32.1 Å². The second-order valence-electron chi connectivity index (χ2n) is 14.3. The number of hydrogen-bond acceptors (Lipinski definition) is 8. The number of alkyl halides is 2. The van der Waals surface area contributed by atoms with E-state index in [4.69, 9.17) is 32.7 Å². The van der Waals surface area contributed by atoms with E-state index in [0.29, 0.717) is 22.6 Å². The molecular formula is C39H34Br2Cl2N4O6. The standard InChI is InChI=1S/C38H32Br2N4O6.CH2Cl2/c1-35(2)31-27(39)11-9-25(33(31)41(5)37(35)17-15-21-19-23(43(45)46)7-13-29(21)49-37)26-10-12-28(40)32-34(26)42(6)38(36(32,3)4)18-16-22-20-24(44(47)48)8-14-30(22)50-38;2-1-3/h7-20H,1-6H3;1H2/t37-,38-;/m1./s1. The second kappa shape index (κ2) is 12.8. The average molecular weight is 885 g/mol. The van der Waals surface area contributed by atoms with E-state index in [0.717, 1.165) is 42.6 Å². The number of benzene rings is 4. The number of hydrogen-bond donors (Lipinski definition) is 0. The summed E-state index contributed by atoms with van der Waals surface area (Å²) >= 11 is 17.3. The van der Waals surface area contributed by atoms with E-state index in [1.807, 2.05) is 38.4 Å². The van der Waals surface area contributed by atoms with Crippen LogP contribution in [0.2, 0.25) is 0 Å². The Hall–Kier alpha value is -4.10. The van der Waals surface area contributed by atoms with E-state index in [1.54, 1.807) is 12.1 Å². The third-order valence-electron chi connectivity index (χ3n) is 11.2. The Balaban J connectivity index is 0.00000140. The Bertz CT molecular complexity index is 2150. The fourth-order valence-electron chi connectivity index (χ4n) is 8.57. The zero-order chi connectivity index (χ0) is 38.4. The van der Waals surface area contributed by atoms with Gasteiger partial charge in [0.25, 0.3) is 11.4 Å². The number of fused-ring (bicyclic) bond motifs is 4. The van der Waals surface area contributed by atoms with Crippen molar-refractivity contribution < 1.29 is 19.3 Å². The fourth-order valence-corrected chi connectivity index (χ4v) is 10.2. The molecule has 274 valence electrons. The van der Waals surface area contributed by atoms with Crippen molar-refractivity contribution >= 4 is 90.0 Å². The Morgan fingerprint density at radius 2 is 1.02 bits per heavy atom. The quantitative estimate of drug-likeness (QED) is 0.114. The molecule has 8 rings (SSSR count). The van der Waals surface area contributed by atoms with E-state index in [-0.39, 0.29) is 16.7 Å². The first kappa shape index (κ1) is 37.2. The summed E-state index contributed by atoms with van der Waals surface area (Å²) in [5.74, 6) is 1.15. The molecule has 0 saturated carbocycles. The number of ether oxygens (including phenoxy) is 2. The maximum absolute atomic E-state index is 11.5. The van der Waals surface area contributed by atoms with Crippen LogP contribution in [0.25, 0.3) is 23.3 Å². The van der Waals surface area contributed by atoms with Crippen molar-refractivity contribution in [1.82, 2.24) is 0 Å². The first-order valence-electron chi connectivity index (χ1n) is 16.6. The van der Waals surface area contributed by atoms with Gasteiger partial charge >= 0.3 is 0 Å². The zero-order valence-electron chi connectivity index (χ0n) is 29.5. The van der Waals surface area contributed by atoms with Crippen molar-refractivity contribution in [2.24, 2.45) is 0 Å². The SMILES string of the molecule is CN1c2c(-c3ccc(Br)c4c3N(C)[C@@]3(C=Cc5cc([N+](=O)[O-])ccc5O3)C4(C)C)ccc(Br)c2C(C)(C)[C@]12C=Cc1cc([N+](=O)[O-])ccc1O2.ClCCl. The fraction of sp³-hybridized carbons (Fsp3) is 0.282. The molecule has 14 heteroatoms. The van der Waals surface area contributed by atoms with Gasteiger partial charge in [0.2, 0.25) is 11.4 Å². The third-order valence-corrected chi connectivity index (χ3v) is 12.5. The lowest BCUT2D eigenvalue weighted by molar-refractivity contribution is -0.385. The summed E-state index contributed by atoms with van der Waals surface area (Å²) in [6.07, 6.45) is 7.85. The minimum absolute atomic E-state index is 0.0100. The summed E-state index contributed by atoms with van der Waals surface area (Å²) in [6, 6.07) is 17.8. The van der Waals surface area contributed by atoms with Gasteiger partial charge in [-0.2, -0.15) is 0 Å². The smallest absolute Gasteiger partial charge is 0.270 e. The van der Waals surface area contributed by atoms with Gasteiger partial charge < -0.3 is 19.3 Å². The van der Waals surface area contributed by atoms with Crippen LogP contribution in [0.4, 0.5) is 22.7 Å². The van der Waals surface area contributed by atoms with E-state index in [2.05, 4.69) is 93.6 Å². The highest BCUT2D eigenvalue weighted by atomic mass is 79.9. The molecule has 0 bridgehead atoms. The molecule has 10 nitrogen and oxygen atoms in total. The molecule has 53 heavy (non-hydrogen) atoms. The van der Waals surface area contributed by atoms with Crippen LogP contribution in [0.1, 0.15) is 49.9 Å². The Morgan fingerprint density at radius 3 is 1.36 bits per heavy atom. The number of rotatable bonds is 3. The van der Waals surface area contributed by atoms with Crippen LogP contribution in [-0.2, 0) is 10.8 Å². The highest BCUT2D eigenvalue weighted by Gasteiger charge is 2.61. The van der Waals surface area contributed by atoms with E-state index in [9.17, 15) is 20.2 Å². The molecule has 0 saturated heterocycles. The summed E-state index contributed by atoms with van der Waals surface area (Å²) in [5, 5.41) is 23.2. The first-order chi connectivity index (χ1) is 25.0. The minimum Gasteiger partial charge on any atom is -0.463 e. The molecule has 4 aliphatic heterocycles. The second-order valence-corrected chi connectivity index (χ2v) is 16.8. The third kappa shape index (κ3) is 5.16. The van der Waals surface area contributed by atoms with Crippen molar-refractivity contribution in [3.63, 3.8) is 0 Å². The normalized spacial score (nSPS) is 21.9. The molecule has 0 amide bonds. The number of halogens is 4. The molecule has 4 aromatic rings. The van der Waals surface area contributed by atoms with Crippen LogP contribution < -0.4 is 19.3 Å². The van der Waals surface area contributed by atoms with Crippen LogP contribution in [0.5, 0.6) is 11.5 Å².